The molecule has 0 aromatic carbocycles. The van der Waals surface area contributed by atoms with Crippen molar-refractivity contribution in [3.63, 3.8) is 0 Å². The van der Waals surface area contributed by atoms with E-state index in [1.54, 1.807) is 0 Å². The van der Waals surface area contributed by atoms with Gasteiger partial charge in [-0.15, -0.1) is 0 Å². The molecule has 4 nitrogen and oxygen atoms in total. The van der Waals surface area contributed by atoms with Crippen molar-refractivity contribution in [1.29, 1.82) is 0 Å². The van der Waals surface area contributed by atoms with E-state index >= 15 is 0 Å². The molecular weight excluding hydrogens is 274 g/mol. The van der Waals surface area contributed by atoms with E-state index in [2.05, 4.69) is 19.2 Å². The highest BCUT2D eigenvalue weighted by Crippen LogP contribution is 2.31. The number of hydrogen-bond donors (Lipinski definition) is 1. The van der Waals surface area contributed by atoms with Gasteiger partial charge in [0.1, 0.15) is 0 Å². The van der Waals surface area contributed by atoms with E-state index in [4.69, 9.17) is 4.74 Å². The van der Waals surface area contributed by atoms with Gasteiger partial charge in [-0.2, -0.15) is 0 Å². The van der Waals surface area contributed by atoms with Crippen molar-refractivity contribution in [1.82, 2.24) is 5.32 Å². The van der Waals surface area contributed by atoms with Crippen molar-refractivity contribution >= 4 is 9.84 Å². The second kappa shape index (κ2) is 6.32. The van der Waals surface area contributed by atoms with Crippen molar-refractivity contribution in [3.05, 3.63) is 0 Å². The van der Waals surface area contributed by atoms with Crippen LogP contribution in [0.25, 0.3) is 0 Å². The summed E-state index contributed by atoms with van der Waals surface area (Å²) in [6.45, 7) is 6.30. The Morgan fingerprint density at radius 3 is 2.15 bits per heavy atom. The summed E-state index contributed by atoms with van der Waals surface area (Å²) in [5.41, 5.74) is 0. The van der Waals surface area contributed by atoms with Gasteiger partial charge in [-0.1, -0.05) is 13.8 Å². The minimum atomic E-state index is -3.06. The highest BCUT2D eigenvalue weighted by Gasteiger charge is 2.42. The zero-order valence-electron chi connectivity index (χ0n) is 13.0. The van der Waals surface area contributed by atoms with Crippen molar-refractivity contribution in [2.75, 3.05) is 26.0 Å². The summed E-state index contributed by atoms with van der Waals surface area (Å²) in [5.74, 6) is 1.47. The van der Waals surface area contributed by atoms with Crippen LogP contribution in [0.15, 0.2) is 0 Å². The molecule has 1 aliphatic carbocycles. The fraction of sp³-hybridized carbons (Fsp3) is 1.00. The standard InChI is InChI=1S/C15H29NO3S/c1-12-8-13(2)10-14(9-12)16-11-15(20(3,17)18)4-6-19-7-5-15/h12-14,16H,4-11H2,1-3H3/t12-,13-/m0/s1. The molecule has 2 atom stereocenters. The van der Waals surface area contributed by atoms with Gasteiger partial charge in [-0.25, -0.2) is 8.42 Å². The average Bonchev–Trinajstić information content (AvgIpc) is 2.35. The molecule has 2 rings (SSSR count). The molecule has 1 saturated carbocycles. The summed E-state index contributed by atoms with van der Waals surface area (Å²) in [6, 6.07) is 0.468. The summed E-state index contributed by atoms with van der Waals surface area (Å²) in [5, 5.41) is 3.56. The Morgan fingerprint density at radius 2 is 1.65 bits per heavy atom. The number of sulfone groups is 1. The van der Waals surface area contributed by atoms with Crippen LogP contribution in [0.4, 0.5) is 0 Å². The van der Waals surface area contributed by atoms with E-state index in [9.17, 15) is 8.42 Å². The molecule has 118 valence electrons. The lowest BCUT2D eigenvalue weighted by molar-refractivity contribution is 0.0726. The maximum absolute atomic E-state index is 12.2. The van der Waals surface area contributed by atoms with Crippen LogP contribution in [0.1, 0.15) is 46.0 Å². The van der Waals surface area contributed by atoms with Crippen molar-refractivity contribution in [2.24, 2.45) is 11.8 Å². The lowest BCUT2D eigenvalue weighted by Gasteiger charge is -2.39. The molecule has 1 heterocycles. The van der Waals surface area contributed by atoms with Crippen LogP contribution >= 0.6 is 0 Å². The summed E-state index contributed by atoms with van der Waals surface area (Å²) in [7, 11) is -3.06. The molecule has 0 amide bonds. The summed E-state index contributed by atoms with van der Waals surface area (Å²) >= 11 is 0. The fourth-order valence-corrected chi connectivity index (χ4v) is 5.12. The highest BCUT2D eigenvalue weighted by atomic mass is 32.2. The SMILES string of the molecule is C[C@@H]1CC(NCC2(S(C)(=O)=O)CCOCC2)C[C@@H](C)C1. The molecular formula is C15H29NO3S. The summed E-state index contributed by atoms with van der Waals surface area (Å²) in [6.07, 6.45) is 6.25. The normalized spacial score (nSPS) is 34.9. The molecule has 0 radical (unpaired) electrons. The second-order valence-electron chi connectivity index (χ2n) is 7.06. The maximum Gasteiger partial charge on any atom is 0.154 e. The minimum absolute atomic E-state index is 0.468. The van der Waals surface area contributed by atoms with Gasteiger partial charge in [0.15, 0.2) is 9.84 Å². The van der Waals surface area contributed by atoms with Gasteiger partial charge in [-0.05, 0) is 43.9 Å². The molecule has 5 heteroatoms. The van der Waals surface area contributed by atoms with Gasteiger partial charge in [0.05, 0.1) is 4.75 Å². The first-order valence-electron chi connectivity index (χ1n) is 7.83. The van der Waals surface area contributed by atoms with Crippen molar-refractivity contribution in [2.45, 2.75) is 56.7 Å². The smallest absolute Gasteiger partial charge is 0.154 e. The van der Waals surface area contributed by atoms with Crippen LogP contribution in [-0.2, 0) is 14.6 Å². The molecule has 1 aliphatic heterocycles. The molecule has 1 saturated heterocycles. The van der Waals surface area contributed by atoms with Crippen LogP contribution in [0.3, 0.4) is 0 Å². The predicted octanol–water partition coefficient (Wildman–Crippen LogP) is 1.99. The molecule has 20 heavy (non-hydrogen) atoms. The Hall–Kier alpha value is -0.130. The molecule has 0 unspecified atom stereocenters. The third-order valence-corrected chi connectivity index (χ3v) is 7.21. The van der Waals surface area contributed by atoms with E-state index in [1.165, 1.54) is 25.5 Å². The first kappa shape index (κ1) is 16.2. The van der Waals surface area contributed by atoms with Crippen LogP contribution in [-0.4, -0.2) is 45.2 Å². The Balaban J connectivity index is 1.99. The van der Waals surface area contributed by atoms with Gasteiger partial charge in [0, 0.05) is 32.1 Å². The minimum Gasteiger partial charge on any atom is -0.381 e. The Bertz CT molecular complexity index is 405. The van der Waals surface area contributed by atoms with Crippen molar-refractivity contribution in [3.8, 4) is 0 Å². The summed E-state index contributed by atoms with van der Waals surface area (Å²) < 4.78 is 29.2. The summed E-state index contributed by atoms with van der Waals surface area (Å²) in [4.78, 5) is 0. The Morgan fingerprint density at radius 1 is 1.10 bits per heavy atom. The first-order valence-corrected chi connectivity index (χ1v) is 9.72. The largest absolute Gasteiger partial charge is 0.381 e. The fourth-order valence-electron chi connectivity index (χ4n) is 3.87. The maximum atomic E-state index is 12.2. The molecule has 2 fully saturated rings. The van der Waals surface area contributed by atoms with Crippen LogP contribution in [0, 0.1) is 11.8 Å². The van der Waals surface area contributed by atoms with Crippen LogP contribution in [0.2, 0.25) is 0 Å². The third-order valence-electron chi connectivity index (χ3n) is 5.08. The molecule has 0 bridgehead atoms. The van der Waals surface area contributed by atoms with E-state index < -0.39 is 14.6 Å². The monoisotopic (exact) mass is 303 g/mol. The lowest BCUT2D eigenvalue weighted by atomic mass is 9.80. The van der Waals surface area contributed by atoms with Crippen molar-refractivity contribution < 1.29 is 13.2 Å². The molecule has 1 N–H and O–H groups in total. The Kier molecular flexibility index (Phi) is 5.14. The lowest BCUT2D eigenvalue weighted by Crippen LogP contribution is -2.53. The molecule has 0 aromatic heterocycles. The van der Waals surface area contributed by atoms with E-state index in [-0.39, 0.29) is 0 Å². The number of ether oxygens (including phenoxy) is 1. The molecule has 2 aliphatic rings. The third kappa shape index (κ3) is 3.74. The zero-order chi connectivity index (χ0) is 14.8. The molecule has 0 spiro atoms. The first-order chi connectivity index (χ1) is 9.32. The Labute approximate surface area is 123 Å². The van der Waals surface area contributed by atoms with Gasteiger partial charge in [0.25, 0.3) is 0 Å². The second-order valence-corrected chi connectivity index (χ2v) is 9.47. The zero-order valence-corrected chi connectivity index (χ0v) is 13.8. The van der Waals surface area contributed by atoms with E-state index in [0.717, 1.165) is 11.8 Å². The quantitative estimate of drug-likeness (QED) is 0.863. The molecule has 0 aromatic rings. The number of nitrogens with one attached hydrogen (secondary N) is 1. The topological polar surface area (TPSA) is 55.4 Å². The van der Waals surface area contributed by atoms with Gasteiger partial charge >= 0.3 is 0 Å². The van der Waals surface area contributed by atoms with Crippen LogP contribution in [0.5, 0.6) is 0 Å². The average molecular weight is 303 g/mol. The van der Waals surface area contributed by atoms with Crippen LogP contribution < -0.4 is 5.32 Å². The number of hydrogen-bond acceptors (Lipinski definition) is 4. The number of rotatable bonds is 4. The van der Waals surface area contributed by atoms with Gasteiger partial charge in [0.2, 0.25) is 0 Å². The van der Waals surface area contributed by atoms with Gasteiger partial charge in [-0.3, -0.25) is 0 Å². The van der Waals surface area contributed by atoms with E-state index in [0.29, 0.717) is 38.6 Å². The van der Waals surface area contributed by atoms with E-state index in [1.807, 2.05) is 0 Å². The van der Waals surface area contributed by atoms with Gasteiger partial charge < -0.3 is 10.1 Å². The predicted molar refractivity (Wildman–Crippen MR) is 81.6 cm³/mol. The highest BCUT2D eigenvalue weighted by molar-refractivity contribution is 7.92.